The highest BCUT2D eigenvalue weighted by atomic mass is 15.2. The Labute approximate surface area is 117 Å². The van der Waals surface area contributed by atoms with Crippen molar-refractivity contribution < 1.29 is 0 Å². The molecule has 1 aromatic rings. The van der Waals surface area contributed by atoms with E-state index in [1.807, 2.05) is 0 Å². The average molecular weight is 258 g/mol. The molecule has 2 aliphatic heterocycles. The third kappa shape index (κ3) is 2.85. The van der Waals surface area contributed by atoms with E-state index in [1.54, 1.807) is 0 Å². The Morgan fingerprint density at radius 1 is 1.16 bits per heavy atom. The van der Waals surface area contributed by atoms with Crippen LogP contribution in [-0.4, -0.2) is 31.1 Å². The Morgan fingerprint density at radius 3 is 2.74 bits per heavy atom. The number of benzene rings is 1. The lowest BCUT2D eigenvalue weighted by atomic mass is 9.78. The normalized spacial score (nSPS) is 23.1. The maximum Gasteiger partial charge on any atom is 0.0236 e. The topological polar surface area (TPSA) is 15.3 Å². The van der Waals surface area contributed by atoms with Gasteiger partial charge in [-0.15, -0.1) is 0 Å². The molecule has 0 aliphatic carbocycles. The van der Waals surface area contributed by atoms with E-state index in [1.165, 1.54) is 62.1 Å². The summed E-state index contributed by atoms with van der Waals surface area (Å²) in [6, 6.07) is 6.85. The molecule has 1 N–H and O–H groups in total. The minimum Gasteiger partial charge on any atom is -0.317 e. The summed E-state index contributed by atoms with van der Waals surface area (Å²) in [5, 5.41) is 3.50. The Kier molecular flexibility index (Phi) is 3.64. The SMILES string of the molecule is Cc1ccc(C)c(CN2CCC3(CCNCC3)C2)c1. The summed E-state index contributed by atoms with van der Waals surface area (Å²) in [5.41, 5.74) is 4.97. The molecule has 2 heteroatoms. The molecule has 0 saturated carbocycles. The quantitative estimate of drug-likeness (QED) is 0.877. The summed E-state index contributed by atoms with van der Waals surface area (Å²) < 4.78 is 0. The van der Waals surface area contributed by atoms with Crippen molar-refractivity contribution in [3.8, 4) is 0 Å². The van der Waals surface area contributed by atoms with Crippen molar-refractivity contribution in [3.63, 3.8) is 0 Å². The number of nitrogens with zero attached hydrogens (tertiary/aromatic N) is 1. The first-order valence-electron chi connectivity index (χ1n) is 7.66. The van der Waals surface area contributed by atoms with Gasteiger partial charge in [0.15, 0.2) is 0 Å². The number of aryl methyl sites for hydroxylation is 2. The van der Waals surface area contributed by atoms with Crippen LogP contribution in [0.4, 0.5) is 0 Å². The second-order valence-corrected chi connectivity index (χ2v) is 6.64. The van der Waals surface area contributed by atoms with E-state index in [9.17, 15) is 0 Å². The maximum atomic E-state index is 3.50. The smallest absolute Gasteiger partial charge is 0.0236 e. The van der Waals surface area contributed by atoms with Crippen molar-refractivity contribution in [1.29, 1.82) is 0 Å². The number of hydrogen-bond donors (Lipinski definition) is 1. The molecule has 0 bridgehead atoms. The minimum absolute atomic E-state index is 0.628. The van der Waals surface area contributed by atoms with Gasteiger partial charge in [-0.05, 0) is 69.3 Å². The van der Waals surface area contributed by atoms with Gasteiger partial charge in [-0.2, -0.15) is 0 Å². The lowest BCUT2D eigenvalue weighted by Crippen LogP contribution is -2.38. The van der Waals surface area contributed by atoms with E-state index in [2.05, 4.69) is 42.3 Å². The summed E-state index contributed by atoms with van der Waals surface area (Å²) in [5.74, 6) is 0. The van der Waals surface area contributed by atoms with Crippen LogP contribution < -0.4 is 5.32 Å². The monoisotopic (exact) mass is 258 g/mol. The fraction of sp³-hybridized carbons (Fsp3) is 0.647. The highest BCUT2D eigenvalue weighted by molar-refractivity contribution is 5.30. The van der Waals surface area contributed by atoms with Crippen LogP contribution in [-0.2, 0) is 6.54 Å². The molecule has 0 atom stereocenters. The van der Waals surface area contributed by atoms with Crippen LogP contribution in [0.25, 0.3) is 0 Å². The zero-order valence-electron chi connectivity index (χ0n) is 12.3. The molecule has 0 aromatic heterocycles. The van der Waals surface area contributed by atoms with Crippen molar-refractivity contribution >= 4 is 0 Å². The van der Waals surface area contributed by atoms with Crippen molar-refractivity contribution in [2.45, 2.75) is 39.7 Å². The number of piperidine rings is 1. The molecule has 3 rings (SSSR count). The summed E-state index contributed by atoms with van der Waals surface area (Å²) in [7, 11) is 0. The van der Waals surface area contributed by atoms with Gasteiger partial charge in [-0.25, -0.2) is 0 Å². The molecule has 0 radical (unpaired) electrons. The Balaban J connectivity index is 1.66. The predicted octanol–water partition coefficient (Wildman–Crippen LogP) is 2.88. The van der Waals surface area contributed by atoms with Gasteiger partial charge in [0.2, 0.25) is 0 Å². The van der Waals surface area contributed by atoms with Gasteiger partial charge < -0.3 is 5.32 Å². The molecule has 2 aliphatic rings. The summed E-state index contributed by atoms with van der Waals surface area (Å²) >= 11 is 0. The van der Waals surface area contributed by atoms with Crippen LogP contribution in [0.1, 0.15) is 36.0 Å². The van der Waals surface area contributed by atoms with Crippen LogP contribution >= 0.6 is 0 Å². The minimum atomic E-state index is 0.628. The predicted molar refractivity (Wildman–Crippen MR) is 80.3 cm³/mol. The third-order valence-electron chi connectivity index (χ3n) is 5.08. The molecular formula is C17H26N2. The largest absolute Gasteiger partial charge is 0.317 e. The van der Waals surface area contributed by atoms with Gasteiger partial charge in [-0.1, -0.05) is 23.8 Å². The lowest BCUT2D eigenvalue weighted by Gasteiger charge is -2.34. The van der Waals surface area contributed by atoms with Gasteiger partial charge in [0.05, 0.1) is 0 Å². The Bertz CT molecular complexity index is 447. The van der Waals surface area contributed by atoms with Gasteiger partial charge >= 0.3 is 0 Å². The molecule has 1 aromatic carbocycles. The van der Waals surface area contributed by atoms with E-state index < -0.39 is 0 Å². The first kappa shape index (κ1) is 13.1. The van der Waals surface area contributed by atoms with Crippen LogP contribution in [0.2, 0.25) is 0 Å². The zero-order valence-corrected chi connectivity index (χ0v) is 12.3. The highest BCUT2D eigenvalue weighted by Gasteiger charge is 2.38. The molecule has 19 heavy (non-hydrogen) atoms. The molecule has 2 nitrogen and oxygen atoms in total. The molecule has 104 valence electrons. The third-order valence-corrected chi connectivity index (χ3v) is 5.08. The number of hydrogen-bond acceptors (Lipinski definition) is 2. The van der Waals surface area contributed by atoms with Crippen LogP contribution in [0.3, 0.4) is 0 Å². The number of nitrogens with one attached hydrogen (secondary N) is 1. The first-order valence-corrected chi connectivity index (χ1v) is 7.66. The second kappa shape index (κ2) is 5.26. The van der Waals surface area contributed by atoms with Crippen molar-refractivity contribution in [2.24, 2.45) is 5.41 Å². The van der Waals surface area contributed by atoms with Crippen molar-refractivity contribution in [1.82, 2.24) is 10.2 Å². The summed E-state index contributed by atoms with van der Waals surface area (Å²) in [6.07, 6.45) is 4.14. The molecule has 0 unspecified atom stereocenters. The molecular weight excluding hydrogens is 232 g/mol. The van der Waals surface area contributed by atoms with Gasteiger partial charge in [0.1, 0.15) is 0 Å². The second-order valence-electron chi connectivity index (χ2n) is 6.64. The number of rotatable bonds is 2. The van der Waals surface area contributed by atoms with Gasteiger partial charge in [0.25, 0.3) is 0 Å². The lowest BCUT2D eigenvalue weighted by molar-refractivity contribution is 0.194. The average Bonchev–Trinajstić information content (AvgIpc) is 2.78. The zero-order chi connectivity index (χ0) is 13.3. The van der Waals surface area contributed by atoms with Crippen LogP contribution in [0.5, 0.6) is 0 Å². The van der Waals surface area contributed by atoms with Crippen molar-refractivity contribution in [2.75, 3.05) is 26.2 Å². The van der Waals surface area contributed by atoms with Crippen LogP contribution in [0.15, 0.2) is 18.2 Å². The standard InChI is InChI=1S/C17H26N2/c1-14-3-4-15(2)16(11-14)12-19-10-7-17(13-19)5-8-18-9-6-17/h3-4,11,18H,5-10,12-13H2,1-2H3. The Hall–Kier alpha value is -0.860. The summed E-state index contributed by atoms with van der Waals surface area (Å²) in [4.78, 5) is 2.67. The van der Waals surface area contributed by atoms with Crippen molar-refractivity contribution in [3.05, 3.63) is 34.9 Å². The van der Waals surface area contributed by atoms with Gasteiger partial charge in [0, 0.05) is 13.1 Å². The molecule has 1 spiro atoms. The first-order chi connectivity index (χ1) is 9.17. The fourth-order valence-electron chi connectivity index (χ4n) is 3.74. The van der Waals surface area contributed by atoms with Gasteiger partial charge in [-0.3, -0.25) is 4.90 Å². The fourth-order valence-corrected chi connectivity index (χ4v) is 3.74. The van der Waals surface area contributed by atoms with E-state index in [0.29, 0.717) is 5.41 Å². The molecule has 0 amide bonds. The molecule has 2 heterocycles. The number of likely N-dealkylation sites (tertiary alicyclic amines) is 1. The van der Waals surface area contributed by atoms with E-state index in [0.717, 1.165) is 6.54 Å². The molecule has 2 fully saturated rings. The van der Waals surface area contributed by atoms with E-state index in [4.69, 9.17) is 0 Å². The summed E-state index contributed by atoms with van der Waals surface area (Å²) in [6.45, 7) is 10.6. The highest BCUT2D eigenvalue weighted by Crippen LogP contribution is 2.39. The van der Waals surface area contributed by atoms with E-state index in [-0.39, 0.29) is 0 Å². The van der Waals surface area contributed by atoms with Crippen LogP contribution in [0, 0.1) is 19.3 Å². The molecule has 2 saturated heterocycles. The Morgan fingerprint density at radius 2 is 1.95 bits per heavy atom. The maximum absolute atomic E-state index is 3.50. The van der Waals surface area contributed by atoms with E-state index >= 15 is 0 Å².